The van der Waals surface area contributed by atoms with Crippen molar-refractivity contribution in [1.82, 2.24) is 0 Å². The summed E-state index contributed by atoms with van der Waals surface area (Å²) in [5.74, 6) is 4.45. The number of rotatable bonds is 1. The molecule has 0 aromatic heterocycles. The summed E-state index contributed by atoms with van der Waals surface area (Å²) in [4.78, 5) is 10.1. The van der Waals surface area contributed by atoms with E-state index in [-0.39, 0.29) is 6.42 Å². The van der Waals surface area contributed by atoms with E-state index in [1.165, 1.54) is 0 Å². The van der Waals surface area contributed by atoms with Crippen molar-refractivity contribution >= 4 is 28.6 Å². The molecule has 0 aliphatic carbocycles. The molecule has 1 aromatic carbocycles. The molecule has 0 unspecified atom stereocenters. The Balaban J connectivity index is 2.67. The van der Waals surface area contributed by atoms with Gasteiger partial charge in [-0.3, -0.25) is 4.79 Å². The molecule has 0 radical (unpaired) electrons. The van der Waals surface area contributed by atoms with E-state index in [4.69, 9.17) is 5.11 Å². The van der Waals surface area contributed by atoms with E-state index >= 15 is 0 Å². The third-order valence-electron chi connectivity index (χ3n) is 1.32. The average Bonchev–Trinajstić information content (AvgIpc) is 2.08. The highest BCUT2D eigenvalue weighted by Gasteiger charge is 1.89. The van der Waals surface area contributed by atoms with Crippen molar-refractivity contribution in [3.05, 3.63) is 33.4 Å². The van der Waals surface area contributed by atoms with Crippen LogP contribution in [0.4, 0.5) is 0 Å². The highest BCUT2D eigenvalue weighted by atomic mass is 127. The summed E-state index contributed by atoms with van der Waals surface area (Å²) < 4.78 is 1.14. The Morgan fingerprint density at radius 3 is 2.54 bits per heavy atom. The lowest BCUT2D eigenvalue weighted by Crippen LogP contribution is -1.90. The number of halogens is 1. The molecule has 0 atom stereocenters. The molecule has 0 saturated carbocycles. The predicted octanol–water partition coefficient (Wildman–Crippen LogP) is 2.12. The number of carbonyl (C=O) groups is 1. The smallest absolute Gasteiger partial charge is 0.315 e. The first-order chi connectivity index (χ1) is 6.18. The molecule has 0 heterocycles. The molecular formula is C10H7IO2. The minimum absolute atomic E-state index is 0.105. The molecule has 0 fully saturated rings. The molecule has 0 spiro atoms. The standard InChI is InChI=1S/C10H7IO2/c11-9-6-4-8(5-7-9)2-1-3-10(12)13/h4-7H,3H2,(H,12,13). The summed E-state index contributed by atoms with van der Waals surface area (Å²) in [6.07, 6.45) is -0.105. The maximum atomic E-state index is 10.1. The normalized spacial score (nSPS) is 8.69. The van der Waals surface area contributed by atoms with Crippen LogP contribution in [0.2, 0.25) is 0 Å². The molecular weight excluding hydrogens is 279 g/mol. The minimum Gasteiger partial charge on any atom is -0.481 e. The quantitative estimate of drug-likeness (QED) is 0.634. The van der Waals surface area contributed by atoms with E-state index in [0.29, 0.717) is 0 Å². The molecule has 0 aliphatic rings. The van der Waals surface area contributed by atoms with Gasteiger partial charge in [-0.05, 0) is 46.9 Å². The Morgan fingerprint density at radius 1 is 1.38 bits per heavy atom. The topological polar surface area (TPSA) is 37.3 Å². The van der Waals surface area contributed by atoms with Gasteiger partial charge in [-0.15, -0.1) is 0 Å². The van der Waals surface area contributed by atoms with Crippen LogP contribution in [0.1, 0.15) is 12.0 Å². The molecule has 3 heteroatoms. The zero-order chi connectivity index (χ0) is 9.68. The molecule has 13 heavy (non-hydrogen) atoms. The van der Waals surface area contributed by atoms with Crippen molar-refractivity contribution < 1.29 is 9.90 Å². The molecule has 0 aliphatic heterocycles. The van der Waals surface area contributed by atoms with Crippen LogP contribution in [0.5, 0.6) is 0 Å². The van der Waals surface area contributed by atoms with Crippen molar-refractivity contribution in [1.29, 1.82) is 0 Å². The monoisotopic (exact) mass is 286 g/mol. The van der Waals surface area contributed by atoms with Crippen LogP contribution in [0, 0.1) is 15.4 Å². The van der Waals surface area contributed by atoms with E-state index in [1.54, 1.807) is 0 Å². The van der Waals surface area contributed by atoms with Crippen molar-refractivity contribution in [2.24, 2.45) is 0 Å². The van der Waals surface area contributed by atoms with Gasteiger partial charge < -0.3 is 5.11 Å². The van der Waals surface area contributed by atoms with Gasteiger partial charge >= 0.3 is 5.97 Å². The number of hydrogen-bond acceptors (Lipinski definition) is 1. The lowest BCUT2D eigenvalue weighted by molar-refractivity contribution is -0.135. The fraction of sp³-hybridized carbons (Fsp3) is 0.100. The average molecular weight is 286 g/mol. The van der Waals surface area contributed by atoms with Crippen molar-refractivity contribution in [3.63, 3.8) is 0 Å². The fourth-order valence-electron chi connectivity index (χ4n) is 0.755. The van der Waals surface area contributed by atoms with Crippen LogP contribution >= 0.6 is 22.6 Å². The number of benzene rings is 1. The molecule has 66 valence electrons. The maximum absolute atomic E-state index is 10.1. The summed E-state index contributed by atoms with van der Waals surface area (Å²) in [6, 6.07) is 7.62. The van der Waals surface area contributed by atoms with Gasteiger partial charge in [-0.2, -0.15) is 0 Å². The van der Waals surface area contributed by atoms with E-state index in [0.717, 1.165) is 9.13 Å². The van der Waals surface area contributed by atoms with E-state index in [1.807, 2.05) is 24.3 Å². The van der Waals surface area contributed by atoms with Gasteiger partial charge in [-0.25, -0.2) is 0 Å². The van der Waals surface area contributed by atoms with Gasteiger partial charge in [0, 0.05) is 9.13 Å². The summed E-state index contributed by atoms with van der Waals surface area (Å²) in [7, 11) is 0. The number of carboxylic acids is 1. The van der Waals surface area contributed by atoms with E-state index < -0.39 is 5.97 Å². The van der Waals surface area contributed by atoms with Crippen LogP contribution in [0.15, 0.2) is 24.3 Å². The first kappa shape index (κ1) is 10.1. The number of aliphatic carboxylic acids is 1. The first-order valence-electron chi connectivity index (χ1n) is 3.65. The Labute approximate surface area is 90.1 Å². The molecule has 0 amide bonds. The summed E-state index contributed by atoms with van der Waals surface area (Å²) in [6.45, 7) is 0. The number of hydrogen-bond donors (Lipinski definition) is 1. The Kier molecular flexibility index (Phi) is 3.77. The maximum Gasteiger partial charge on any atom is 0.315 e. The van der Waals surface area contributed by atoms with Crippen molar-refractivity contribution in [3.8, 4) is 11.8 Å². The highest BCUT2D eigenvalue weighted by molar-refractivity contribution is 14.1. The third-order valence-corrected chi connectivity index (χ3v) is 2.04. The SMILES string of the molecule is O=C(O)CC#Cc1ccc(I)cc1. The lowest BCUT2D eigenvalue weighted by Gasteiger charge is -1.89. The zero-order valence-electron chi connectivity index (χ0n) is 6.75. The van der Waals surface area contributed by atoms with Crippen LogP contribution < -0.4 is 0 Å². The van der Waals surface area contributed by atoms with E-state index in [2.05, 4.69) is 34.4 Å². The molecule has 1 aromatic rings. The second-order valence-corrected chi connectivity index (χ2v) is 3.62. The second-order valence-electron chi connectivity index (χ2n) is 2.38. The van der Waals surface area contributed by atoms with Crippen LogP contribution in [0.25, 0.3) is 0 Å². The van der Waals surface area contributed by atoms with Gasteiger partial charge in [0.2, 0.25) is 0 Å². The molecule has 0 bridgehead atoms. The minimum atomic E-state index is -0.891. The van der Waals surface area contributed by atoms with E-state index in [9.17, 15) is 4.79 Å². The van der Waals surface area contributed by atoms with Crippen LogP contribution in [-0.4, -0.2) is 11.1 Å². The van der Waals surface area contributed by atoms with Gasteiger partial charge in [0.15, 0.2) is 0 Å². The van der Waals surface area contributed by atoms with Crippen molar-refractivity contribution in [2.75, 3.05) is 0 Å². The number of carboxylic acid groups (broad SMARTS) is 1. The Bertz CT molecular complexity index is 357. The summed E-state index contributed by atoms with van der Waals surface area (Å²) in [5.41, 5.74) is 0.849. The predicted molar refractivity (Wildman–Crippen MR) is 58.3 cm³/mol. The summed E-state index contributed by atoms with van der Waals surface area (Å²) in [5, 5.41) is 8.33. The van der Waals surface area contributed by atoms with Gasteiger partial charge in [0.1, 0.15) is 6.42 Å². The second kappa shape index (κ2) is 4.87. The van der Waals surface area contributed by atoms with Crippen molar-refractivity contribution in [2.45, 2.75) is 6.42 Å². The van der Waals surface area contributed by atoms with Gasteiger partial charge in [0.25, 0.3) is 0 Å². The lowest BCUT2D eigenvalue weighted by atomic mass is 10.2. The molecule has 2 nitrogen and oxygen atoms in total. The molecule has 1 rings (SSSR count). The molecule has 1 N–H and O–H groups in total. The van der Waals surface area contributed by atoms with Crippen LogP contribution in [-0.2, 0) is 4.79 Å². The molecule has 0 saturated heterocycles. The van der Waals surface area contributed by atoms with Crippen LogP contribution in [0.3, 0.4) is 0 Å². The Morgan fingerprint density at radius 2 is 2.00 bits per heavy atom. The summed E-state index contributed by atoms with van der Waals surface area (Å²) >= 11 is 2.20. The fourth-order valence-corrected chi connectivity index (χ4v) is 1.11. The van der Waals surface area contributed by atoms with Gasteiger partial charge in [0.05, 0.1) is 0 Å². The Hall–Kier alpha value is -1.02. The highest BCUT2D eigenvalue weighted by Crippen LogP contribution is 2.05. The first-order valence-corrected chi connectivity index (χ1v) is 4.72. The zero-order valence-corrected chi connectivity index (χ0v) is 8.91. The largest absolute Gasteiger partial charge is 0.481 e. The third kappa shape index (κ3) is 3.95. The van der Waals surface area contributed by atoms with Gasteiger partial charge in [-0.1, -0.05) is 11.8 Å².